The van der Waals surface area contributed by atoms with Crippen LogP contribution in [0.15, 0.2) is 48.5 Å². The van der Waals surface area contributed by atoms with Crippen molar-refractivity contribution in [1.29, 1.82) is 0 Å². The molecule has 0 bridgehead atoms. The van der Waals surface area contributed by atoms with Crippen molar-refractivity contribution in [2.75, 3.05) is 13.1 Å². The summed E-state index contributed by atoms with van der Waals surface area (Å²) in [6.45, 7) is 8.71. The summed E-state index contributed by atoms with van der Waals surface area (Å²) < 4.78 is 2.23. The minimum atomic E-state index is 0.0865. The minimum Gasteiger partial charge on any atom is -0.508 e. The molecule has 0 aliphatic heterocycles. The van der Waals surface area contributed by atoms with E-state index in [0.717, 1.165) is 73.9 Å². The SMILES string of the molecule is CCCCN(CCCC)C(=O)c1c(C)n(CCc2ccccc2)c2ccc(O)cc12. The molecule has 4 heteroatoms. The van der Waals surface area contributed by atoms with Crippen molar-refractivity contribution in [3.8, 4) is 5.75 Å². The molecule has 1 N–H and O–H groups in total. The third-order valence-electron chi connectivity index (χ3n) is 5.84. The Morgan fingerprint density at radius 1 is 1.00 bits per heavy atom. The smallest absolute Gasteiger partial charge is 0.256 e. The Hall–Kier alpha value is -2.75. The molecule has 0 radical (unpaired) electrons. The van der Waals surface area contributed by atoms with E-state index >= 15 is 0 Å². The Kier molecular flexibility index (Phi) is 7.56. The highest BCUT2D eigenvalue weighted by atomic mass is 16.3. The van der Waals surface area contributed by atoms with Crippen molar-refractivity contribution in [2.24, 2.45) is 0 Å². The van der Waals surface area contributed by atoms with Crippen molar-refractivity contribution in [1.82, 2.24) is 9.47 Å². The van der Waals surface area contributed by atoms with E-state index in [1.807, 2.05) is 24.0 Å². The van der Waals surface area contributed by atoms with Crippen LogP contribution in [0.2, 0.25) is 0 Å². The van der Waals surface area contributed by atoms with Crippen LogP contribution in [0.4, 0.5) is 0 Å². The predicted molar refractivity (Wildman–Crippen MR) is 124 cm³/mol. The topological polar surface area (TPSA) is 45.5 Å². The first-order chi connectivity index (χ1) is 14.6. The number of rotatable bonds is 10. The molecule has 3 aromatic rings. The number of carbonyl (C=O) groups is 1. The maximum absolute atomic E-state index is 13.6. The van der Waals surface area contributed by atoms with Crippen LogP contribution in [0.25, 0.3) is 10.9 Å². The Balaban J connectivity index is 1.99. The van der Waals surface area contributed by atoms with Crippen LogP contribution in [0, 0.1) is 6.92 Å². The molecule has 4 nitrogen and oxygen atoms in total. The molecule has 1 aromatic heterocycles. The first kappa shape index (κ1) is 21.9. The molecule has 2 aromatic carbocycles. The molecule has 30 heavy (non-hydrogen) atoms. The van der Waals surface area contributed by atoms with E-state index in [-0.39, 0.29) is 11.7 Å². The lowest BCUT2D eigenvalue weighted by molar-refractivity contribution is 0.0752. The van der Waals surface area contributed by atoms with Gasteiger partial charge in [-0.1, -0.05) is 57.0 Å². The fourth-order valence-corrected chi connectivity index (χ4v) is 4.08. The Morgan fingerprint density at radius 3 is 2.30 bits per heavy atom. The van der Waals surface area contributed by atoms with Gasteiger partial charge in [0, 0.05) is 36.2 Å². The molecule has 0 fully saturated rings. The van der Waals surface area contributed by atoms with E-state index in [4.69, 9.17) is 0 Å². The van der Waals surface area contributed by atoms with E-state index in [9.17, 15) is 9.90 Å². The van der Waals surface area contributed by atoms with Gasteiger partial charge >= 0.3 is 0 Å². The Morgan fingerprint density at radius 2 is 1.67 bits per heavy atom. The van der Waals surface area contributed by atoms with Gasteiger partial charge in [0.2, 0.25) is 0 Å². The summed E-state index contributed by atoms with van der Waals surface area (Å²) in [7, 11) is 0. The van der Waals surface area contributed by atoms with Crippen LogP contribution in [-0.4, -0.2) is 33.6 Å². The summed E-state index contributed by atoms with van der Waals surface area (Å²) in [5.41, 5.74) is 4.00. The summed E-state index contributed by atoms with van der Waals surface area (Å²) in [4.78, 5) is 15.6. The molecular weight excluding hydrogens is 372 g/mol. The zero-order valence-electron chi connectivity index (χ0n) is 18.5. The maximum Gasteiger partial charge on any atom is 0.256 e. The molecule has 0 atom stereocenters. The number of nitrogens with zero attached hydrogens (tertiary/aromatic N) is 2. The standard InChI is InChI=1S/C26H34N2O2/c1-4-6-16-27(17-7-5-2)26(30)25-20(3)28(18-15-21-11-9-8-10-12-21)24-14-13-22(29)19-23(24)25/h8-14,19,29H,4-7,15-18H2,1-3H3. The van der Waals surface area contributed by atoms with Crippen molar-refractivity contribution in [2.45, 2.75) is 59.4 Å². The summed E-state index contributed by atoms with van der Waals surface area (Å²) >= 11 is 0. The average Bonchev–Trinajstić information content (AvgIpc) is 3.03. The second-order valence-corrected chi connectivity index (χ2v) is 8.05. The van der Waals surface area contributed by atoms with Gasteiger partial charge in [-0.25, -0.2) is 0 Å². The number of aromatic nitrogens is 1. The number of aryl methyl sites for hydroxylation is 2. The monoisotopic (exact) mass is 406 g/mol. The van der Waals surface area contributed by atoms with Crippen molar-refractivity contribution >= 4 is 16.8 Å². The van der Waals surface area contributed by atoms with E-state index < -0.39 is 0 Å². The molecule has 0 aliphatic rings. The van der Waals surface area contributed by atoms with Crippen LogP contribution in [0.3, 0.4) is 0 Å². The highest BCUT2D eigenvalue weighted by molar-refractivity contribution is 6.08. The third-order valence-corrected chi connectivity index (χ3v) is 5.84. The maximum atomic E-state index is 13.6. The zero-order valence-corrected chi connectivity index (χ0v) is 18.5. The van der Waals surface area contributed by atoms with E-state index in [1.165, 1.54) is 5.56 Å². The zero-order chi connectivity index (χ0) is 21.5. The summed E-state index contributed by atoms with van der Waals surface area (Å²) in [5.74, 6) is 0.286. The molecule has 3 rings (SSSR count). The van der Waals surface area contributed by atoms with Gasteiger partial charge in [-0.15, -0.1) is 0 Å². The number of hydrogen-bond donors (Lipinski definition) is 1. The normalized spacial score (nSPS) is 11.2. The average molecular weight is 407 g/mol. The van der Waals surface area contributed by atoms with Gasteiger partial charge in [0.25, 0.3) is 5.91 Å². The second-order valence-electron chi connectivity index (χ2n) is 8.05. The molecule has 1 heterocycles. The van der Waals surface area contributed by atoms with Gasteiger partial charge in [0.15, 0.2) is 0 Å². The molecule has 160 valence electrons. The van der Waals surface area contributed by atoms with Gasteiger partial charge in [-0.2, -0.15) is 0 Å². The molecule has 0 spiro atoms. The van der Waals surface area contributed by atoms with Gasteiger partial charge in [0.1, 0.15) is 5.75 Å². The quantitative estimate of drug-likeness (QED) is 0.453. The molecule has 0 aliphatic carbocycles. The van der Waals surface area contributed by atoms with Crippen molar-refractivity contribution in [3.05, 3.63) is 65.4 Å². The molecule has 0 saturated heterocycles. The fourth-order valence-electron chi connectivity index (χ4n) is 4.08. The van der Waals surface area contributed by atoms with Gasteiger partial charge in [0.05, 0.1) is 5.56 Å². The number of benzene rings is 2. The number of phenols is 1. The lowest BCUT2D eigenvalue weighted by Gasteiger charge is -2.23. The van der Waals surface area contributed by atoms with Crippen LogP contribution in [0.1, 0.15) is 61.1 Å². The van der Waals surface area contributed by atoms with Gasteiger partial charge < -0.3 is 14.6 Å². The van der Waals surface area contributed by atoms with E-state index in [0.29, 0.717) is 0 Å². The molecule has 0 saturated carbocycles. The number of aromatic hydroxyl groups is 1. The molecule has 1 amide bonds. The lowest BCUT2D eigenvalue weighted by Crippen LogP contribution is -2.33. The second kappa shape index (κ2) is 10.3. The summed E-state index contributed by atoms with van der Waals surface area (Å²) in [6.07, 6.45) is 5.04. The molecular formula is C26H34N2O2. The van der Waals surface area contributed by atoms with Crippen LogP contribution < -0.4 is 0 Å². The predicted octanol–water partition coefficient (Wildman–Crippen LogP) is 5.94. The van der Waals surface area contributed by atoms with E-state index in [1.54, 1.807) is 12.1 Å². The number of fused-ring (bicyclic) bond motifs is 1. The van der Waals surface area contributed by atoms with Crippen LogP contribution >= 0.6 is 0 Å². The largest absolute Gasteiger partial charge is 0.508 e. The van der Waals surface area contributed by atoms with Crippen molar-refractivity contribution < 1.29 is 9.90 Å². The summed E-state index contributed by atoms with van der Waals surface area (Å²) in [6, 6.07) is 15.8. The van der Waals surface area contributed by atoms with Gasteiger partial charge in [-0.3, -0.25) is 4.79 Å². The highest BCUT2D eigenvalue weighted by Crippen LogP contribution is 2.30. The first-order valence-corrected chi connectivity index (χ1v) is 11.2. The number of unbranched alkanes of at least 4 members (excludes halogenated alkanes) is 2. The summed E-state index contributed by atoms with van der Waals surface area (Å²) in [5, 5.41) is 11.0. The number of carbonyl (C=O) groups excluding carboxylic acids is 1. The lowest BCUT2D eigenvalue weighted by atomic mass is 10.1. The number of amides is 1. The van der Waals surface area contributed by atoms with Crippen LogP contribution in [0.5, 0.6) is 5.75 Å². The van der Waals surface area contributed by atoms with Crippen LogP contribution in [-0.2, 0) is 13.0 Å². The van der Waals surface area contributed by atoms with Gasteiger partial charge in [-0.05, 0) is 49.9 Å². The Labute approximate surface area is 180 Å². The first-order valence-electron chi connectivity index (χ1n) is 11.2. The minimum absolute atomic E-state index is 0.0865. The Bertz CT molecular complexity index is 968. The fraction of sp³-hybridized carbons (Fsp3) is 0.423. The molecule has 0 unspecified atom stereocenters. The van der Waals surface area contributed by atoms with E-state index in [2.05, 4.69) is 42.7 Å². The third kappa shape index (κ3) is 4.86. The number of hydrogen-bond acceptors (Lipinski definition) is 2. The van der Waals surface area contributed by atoms with Crippen molar-refractivity contribution in [3.63, 3.8) is 0 Å². The number of phenolic OH excluding ortho intramolecular Hbond substituents is 1. The highest BCUT2D eigenvalue weighted by Gasteiger charge is 2.24.